The first-order chi connectivity index (χ1) is 11.3. The molecule has 5 heteroatoms. The molecule has 2 aromatic heterocycles. The summed E-state index contributed by atoms with van der Waals surface area (Å²) in [5, 5.41) is 10.9. The average molecular weight is 319 g/mol. The van der Waals surface area contributed by atoms with Gasteiger partial charge in [0.25, 0.3) is 0 Å². The molecule has 0 radical (unpaired) electrons. The van der Waals surface area contributed by atoms with Crippen LogP contribution in [0.3, 0.4) is 0 Å². The number of rotatable bonds is 2. The summed E-state index contributed by atoms with van der Waals surface area (Å²) in [6.45, 7) is 0. The summed E-state index contributed by atoms with van der Waals surface area (Å²) >= 11 is 1.52. The number of hydrogen-bond donors (Lipinski definition) is 0. The first kappa shape index (κ1) is 13.7. The number of fused-ring (bicyclic) bond motifs is 1. The molecule has 2 heterocycles. The number of benzene rings is 2. The van der Waals surface area contributed by atoms with Crippen molar-refractivity contribution in [2.75, 3.05) is 0 Å². The molecule has 23 heavy (non-hydrogen) atoms. The second-order valence-corrected chi connectivity index (χ2v) is 5.93. The van der Waals surface area contributed by atoms with Gasteiger partial charge >= 0.3 is 0 Å². The predicted octanol–water partition coefficient (Wildman–Crippen LogP) is 4.74. The molecule has 3 nitrogen and oxygen atoms in total. The Bertz CT molecular complexity index is 1040. The van der Waals surface area contributed by atoms with Gasteiger partial charge in [-0.3, -0.25) is 4.40 Å². The Balaban J connectivity index is 1.94. The fourth-order valence-corrected chi connectivity index (χ4v) is 3.39. The maximum Gasteiger partial charge on any atom is 0.145 e. The number of nitriles is 1. The first-order valence-corrected chi connectivity index (χ1v) is 7.87. The summed E-state index contributed by atoms with van der Waals surface area (Å²) in [6, 6.07) is 16.0. The van der Waals surface area contributed by atoms with Crippen molar-refractivity contribution < 1.29 is 4.39 Å². The van der Waals surface area contributed by atoms with Gasteiger partial charge in [0.05, 0.1) is 11.6 Å². The van der Waals surface area contributed by atoms with Crippen molar-refractivity contribution >= 4 is 16.2 Å². The smallest absolute Gasteiger partial charge is 0.145 e. The van der Waals surface area contributed by atoms with Crippen molar-refractivity contribution in [2.24, 2.45) is 0 Å². The van der Waals surface area contributed by atoms with Gasteiger partial charge in [0.1, 0.15) is 22.2 Å². The molecular weight excluding hydrogens is 309 g/mol. The number of halogens is 1. The fraction of sp³-hybridized carbons (Fsp3) is 0. The average Bonchev–Trinajstić information content (AvgIpc) is 3.18. The van der Waals surface area contributed by atoms with Crippen molar-refractivity contribution in [2.45, 2.75) is 0 Å². The van der Waals surface area contributed by atoms with Crippen LogP contribution >= 0.6 is 11.3 Å². The largest absolute Gasteiger partial charge is 0.290 e. The maximum atomic E-state index is 14.1. The van der Waals surface area contributed by atoms with E-state index in [2.05, 4.69) is 11.1 Å². The lowest BCUT2D eigenvalue weighted by atomic mass is 10.1. The third kappa shape index (κ3) is 2.20. The molecule has 0 N–H and O–H groups in total. The monoisotopic (exact) mass is 319 g/mol. The van der Waals surface area contributed by atoms with Crippen molar-refractivity contribution in [3.63, 3.8) is 0 Å². The van der Waals surface area contributed by atoms with E-state index in [9.17, 15) is 4.39 Å². The molecule has 0 saturated carbocycles. The number of nitrogens with zero attached hydrogens (tertiary/aromatic N) is 3. The van der Waals surface area contributed by atoms with E-state index in [-0.39, 0.29) is 5.82 Å². The molecule has 0 unspecified atom stereocenters. The highest BCUT2D eigenvalue weighted by atomic mass is 32.1. The molecule has 4 rings (SSSR count). The van der Waals surface area contributed by atoms with Gasteiger partial charge in [-0.25, -0.2) is 9.37 Å². The van der Waals surface area contributed by atoms with Crippen LogP contribution in [0.2, 0.25) is 0 Å². The molecule has 110 valence electrons. The first-order valence-electron chi connectivity index (χ1n) is 6.99. The molecule has 0 aliphatic carbocycles. The zero-order chi connectivity index (χ0) is 15.8. The molecule has 0 aliphatic rings. The van der Waals surface area contributed by atoms with Crippen LogP contribution in [-0.4, -0.2) is 9.38 Å². The number of thiazole rings is 1. The van der Waals surface area contributed by atoms with E-state index in [4.69, 9.17) is 5.26 Å². The van der Waals surface area contributed by atoms with Gasteiger partial charge in [-0.05, 0) is 36.4 Å². The van der Waals surface area contributed by atoms with Crippen LogP contribution in [0.15, 0.2) is 60.1 Å². The van der Waals surface area contributed by atoms with Crippen LogP contribution < -0.4 is 0 Å². The van der Waals surface area contributed by atoms with E-state index in [0.717, 1.165) is 16.2 Å². The zero-order valence-corrected chi connectivity index (χ0v) is 12.7. The molecule has 0 amide bonds. The van der Waals surface area contributed by atoms with Crippen molar-refractivity contribution in [1.29, 1.82) is 5.26 Å². The Morgan fingerprint density at radius 2 is 1.87 bits per heavy atom. The molecule has 0 bridgehead atoms. The van der Waals surface area contributed by atoms with E-state index in [1.165, 1.54) is 17.4 Å². The molecule has 0 saturated heterocycles. The highest BCUT2D eigenvalue weighted by molar-refractivity contribution is 7.16. The number of hydrogen-bond acceptors (Lipinski definition) is 3. The van der Waals surface area contributed by atoms with E-state index in [1.54, 1.807) is 30.3 Å². The number of imidazole rings is 1. The van der Waals surface area contributed by atoms with E-state index >= 15 is 0 Å². The van der Waals surface area contributed by atoms with Gasteiger partial charge < -0.3 is 0 Å². The van der Waals surface area contributed by atoms with Gasteiger partial charge in [-0.15, -0.1) is 11.3 Å². The predicted molar refractivity (Wildman–Crippen MR) is 88.6 cm³/mol. The maximum absolute atomic E-state index is 14.1. The quantitative estimate of drug-likeness (QED) is 0.535. The third-order valence-corrected chi connectivity index (χ3v) is 4.53. The lowest BCUT2D eigenvalue weighted by Crippen LogP contribution is -1.86. The van der Waals surface area contributed by atoms with E-state index < -0.39 is 0 Å². The third-order valence-electron chi connectivity index (χ3n) is 3.66. The highest BCUT2D eigenvalue weighted by Gasteiger charge is 2.17. The van der Waals surface area contributed by atoms with Crippen LogP contribution in [0.4, 0.5) is 4.39 Å². The van der Waals surface area contributed by atoms with Gasteiger partial charge in [0, 0.05) is 22.7 Å². The van der Waals surface area contributed by atoms with Crippen molar-refractivity contribution in [3.8, 4) is 28.7 Å². The summed E-state index contributed by atoms with van der Waals surface area (Å²) in [5.74, 6) is 0.455. The van der Waals surface area contributed by atoms with Crippen molar-refractivity contribution in [1.82, 2.24) is 9.38 Å². The molecule has 4 aromatic rings. The van der Waals surface area contributed by atoms with Crippen LogP contribution in [0.1, 0.15) is 5.56 Å². The second-order valence-electron chi connectivity index (χ2n) is 5.03. The summed E-state index contributed by atoms with van der Waals surface area (Å²) in [7, 11) is 0. The summed E-state index contributed by atoms with van der Waals surface area (Å²) < 4.78 is 16.1. The van der Waals surface area contributed by atoms with Gasteiger partial charge in [-0.1, -0.05) is 12.1 Å². The Morgan fingerprint density at radius 3 is 2.61 bits per heavy atom. The molecule has 2 aromatic carbocycles. The van der Waals surface area contributed by atoms with E-state index in [1.807, 2.05) is 28.1 Å². The SMILES string of the molecule is N#Cc1ccc(-c2nc(-c3ccccc3F)c3sccn23)cc1. The lowest BCUT2D eigenvalue weighted by molar-refractivity contribution is 0.631. The van der Waals surface area contributed by atoms with Crippen LogP contribution in [-0.2, 0) is 0 Å². The normalized spacial score (nSPS) is 10.8. The lowest BCUT2D eigenvalue weighted by Gasteiger charge is -1.99. The van der Waals surface area contributed by atoms with Crippen LogP contribution in [0.25, 0.3) is 27.5 Å². The minimum atomic E-state index is -0.285. The highest BCUT2D eigenvalue weighted by Crippen LogP contribution is 2.33. The second kappa shape index (κ2) is 5.34. The van der Waals surface area contributed by atoms with Crippen LogP contribution in [0, 0.1) is 17.1 Å². The Morgan fingerprint density at radius 1 is 1.09 bits per heavy atom. The molecule has 0 aliphatic heterocycles. The standard InChI is InChI=1S/C18H10FN3S/c19-15-4-2-1-3-14(15)16-18-22(9-10-23-18)17(21-16)13-7-5-12(11-20)6-8-13/h1-10H. The molecule has 0 fully saturated rings. The summed E-state index contributed by atoms with van der Waals surface area (Å²) in [6.07, 6.45) is 1.92. The molecule has 0 atom stereocenters. The minimum Gasteiger partial charge on any atom is -0.290 e. The van der Waals surface area contributed by atoms with Crippen LogP contribution in [0.5, 0.6) is 0 Å². The summed E-state index contributed by atoms with van der Waals surface area (Å²) in [4.78, 5) is 5.55. The number of aromatic nitrogens is 2. The fourth-order valence-electron chi connectivity index (χ4n) is 2.55. The molecule has 0 spiro atoms. The topological polar surface area (TPSA) is 41.1 Å². The van der Waals surface area contributed by atoms with Crippen molar-refractivity contribution in [3.05, 3.63) is 71.5 Å². The molecular formula is C18H10FN3S. The Kier molecular flexibility index (Phi) is 3.18. The van der Waals surface area contributed by atoms with E-state index in [0.29, 0.717) is 16.8 Å². The minimum absolute atomic E-state index is 0.285. The zero-order valence-electron chi connectivity index (χ0n) is 11.9. The van der Waals surface area contributed by atoms with Gasteiger partial charge in [0.2, 0.25) is 0 Å². The Labute approximate surface area is 135 Å². The Hall–Kier alpha value is -2.97. The van der Waals surface area contributed by atoms with Gasteiger partial charge in [0.15, 0.2) is 0 Å². The van der Waals surface area contributed by atoms with Gasteiger partial charge in [-0.2, -0.15) is 5.26 Å². The summed E-state index contributed by atoms with van der Waals surface area (Å²) in [5.41, 5.74) is 2.62.